The average molecular weight is 238 g/mol. The van der Waals surface area contributed by atoms with Gasteiger partial charge in [-0.2, -0.15) is 0 Å². The fraction of sp³-hybridized carbons (Fsp3) is 0.188. The normalized spacial score (nSPS) is 11.5. The lowest BCUT2D eigenvalue weighted by Crippen LogP contribution is -1.93. The third kappa shape index (κ3) is 2.43. The molecule has 0 unspecified atom stereocenters. The van der Waals surface area contributed by atoms with E-state index in [1.165, 1.54) is 0 Å². The summed E-state index contributed by atoms with van der Waals surface area (Å²) >= 11 is 0. The summed E-state index contributed by atoms with van der Waals surface area (Å²) in [5.41, 5.74) is 9.80. The Morgan fingerprint density at radius 1 is 1.33 bits per heavy atom. The van der Waals surface area contributed by atoms with Gasteiger partial charge in [-0.25, -0.2) is 0 Å². The maximum absolute atomic E-state index is 6.14. The molecule has 2 nitrogen and oxygen atoms in total. The monoisotopic (exact) mass is 238 g/mol. The molecule has 18 heavy (non-hydrogen) atoms. The number of benzene rings is 1. The first-order valence-electron chi connectivity index (χ1n) is 6.09. The Morgan fingerprint density at radius 2 is 2.11 bits per heavy atom. The van der Waals surface area contributed by atoms with Crippen LogP contribution in [0, 0.1) is 5.92 Å². The highest BCUT2D eigenvalue weighted by molar-refractivity contribution is 5.93. The van der Waals surface area contributed by atoms with Crippen LogP contribution in [0.25, 0.3) is 17.0 Å². The second-order valence-electron chi connectivity index (χ2n) is 4.71. The van der Waals surface area contributed by atoms with E-state index in [2.05, 4.69) is 25.4 Å². The van der Waals surface area contributed by atoms with Gasteiger partial charge in [0.1, 0.15) is 0 Å². The Morgan fingerprint density at radius 3 is 2.83 bits per heavy atom. The van der Waals surface area contributed by atoms with E-state index in [0.29, 0.717) is 5.92 Å². The molecule has 0 aliphatic rings. The minimum absolute atomic E-state index is 0.445. The van der Waals surface area contributed by atoms with Gasteiger partial charge < -0.3 is 5.73 Å². The molecule has 0 saturated carbocycles. The van der Waals surface area contributed by atoms with Crippen LogP contribution in [0.3, 0.4) is 0 Å². The van der Waals surface area contributed by atoms with Crippen molar-refractivity contribution >= 4 is 22.7 Å². The van der Waals surface area contributed by atoms with Crippen LogP contribution in [0.5, 0.6) is 0 Å². The summed E-state index contributed by atoms with van der Waals surface area (Å²) in [5.74, 6) is 0.445. The number of aromatic nitrogens is 1. The maximum Gasteiger partial charge on any atom is 0.0937 e. The Labute approximate surface area is 108 Å². The number of allylic oxidation sites excluding steroid dienone is 2. The molecule has 2 rings (SSSR count). The number of anilines is 1. The van der Waals surface area contributed by atoms with Gasteiger partial charge in [0.2, 0.25) is 0 Å². The molecule has 0 spiro atoms. The quantitative estimate of drug-likeness (QED) is 0.647. The molecule has 2 N–H and O–H groups in total. The number of nitrogens with two attached hydrogens (primary N) is 1. The first-order chi connectivity index (χ1) is 8.59. The third-order valence-corrected chi connectivity index (χ3v) is 3.07. The van der Waals surface area contributed by atoms with Crippen LogP contribution < -0.4 is 5.73 Å². The Bertz CT molecular complexity index is 610. The topological polar surface area (TPSA) is 38.9 Å². The summed E-state index contributed by atoms with van der Waals surface area (Å²) in [6, 6.07) is 7.98. The molecular formula is C16H18N2. The van der Waals surface area contributed by atoms with E-state index in [1.54, 1.807) is 6.20 Å². The largest absolute Gasteiger partial charge is 0.396 e. The average Bonchev–Trinajstić information content (AvgIpc) is 2.38. The van der Waals surface area contributed by atoms with Crippen molar-refractivity contribution in [1.82, 2.24) is 4.98 Å². The van der Waals surface area contributed by atoms with Crippen molar-refractivity contribution in [2.75, 3.05) is 5.73 Å². The molecule has 0 amide bonds. The van der Waals surface area contributed by atoms with E-state index in [9.17, 15) is 0 Å². The minimum Gasteiger partial charge on any atom is -0.396 e. The highest BCUT2D eigenvalue weighted by atomic mass is 14.7. The molecule has 2 aromatic rings. The van der Waals surface area contributed by atoms with Gasteiger partial charge in [-0.1, -0.05) is 56.4 Å². The van der Waals surface area contributed by atoms with Gasteiger partial charge in [-0.05, 0) is 17.5 Å². The molecule has 1 heterocycles. The second-order valence-corrected chi connectivity index (χ2v) is 4.71. The summed E-state index contributed by atoms with van der Waals surface area (Å²) in [6.45, 7) is 8.26. The van der Waals surface area contributed by atoms with Crippen molar-refractivity contribution in [3.63, 3.8) is 0 Å². The maximum atomic E-state index is 6.14. The molecule has 0 fully saturated rings. The highest BCUT2D eigenvalue weighted by Gasteiger charge is 2.03. The Balaban J connectivity index is 2.41. The van der Waals surface area contributed by atoms with E-state index in [1.807, 2.05) is 36.4 Å². The van der Waals surface area contributed by atoms with E-state index >= 15 is 0 Å². The van der Waals surface area contributed by atoms with Gasteiger partial charge in [-0.15, -0.1) is 0 Å². The number of fused-ring (bicyclic) bond motifs is 1. The standard InChI is InChI=1S/C16H18N2/c1-11(2)12(3)6-7-13-8-9-14-5-4-10-18-16(14)15(13)17/h4-11H,3,17H2,1-2H3/b7-6-. The molecule has 0 bridgehead atoms. The van der Waals surface area contributed by atoms with Crippen molar-refractivity contribution in [2.24, 2.45) is 5.92 Å². The van der Waals surface area contributed by atoms with Crippen molar-refractivity contribution < 1.29 is 0 Å². The van der Waals surface area contributed by atoms with Crippen LogP contribution in [0.4, 0.5) is 5.69 Å². The molecule has 0 aliphatic heterocycles. The number of hydrogen-bond donors (Lipinski definition) is 1. The molecule has 0 radical (unpaired) electrons. The van der Waals surface area contributed by atoms with Crippen molar-refractivity contribution in [1.29, 1.82) is 0 Å². The zero-order valence-corrected chi connectivity index (χ0v) is 10.9. The smallest absolute Gasteiger partial charge is 0.0937 e. The zero-order valence-electron chi connectivity index (χ0n) is 10.9. The molecular weight excluding hydrogens is 220 g/mol. The van der Waals surface area contributed by atoms with E-state index in [0.717, 1.165) is 27.7 Å². The van der Waals surface area contributed by atoms with Crippen LogP contribution in [-0.4, -0.2) is 4.98 Å². The van der Waals surface area contributed by atoms with Gasteiger partial charge in [0.25, 0.3) is 0 Å². The molecule has 0 aliphatic carbocycles. The summed E-state index contributed by atoms with van der Waals surface area (Å²) in [5, 5.41) is 1.06. The van der Waals surface area contributed by atoms with Crippen LogP contribution >= 0.6 is 0 Å². The number of hydrogen-bond acceptors (Lipinski definition) is 2. The lowest BCUT2D eigenvalue weighted by Gasteiger charge is -2.06. The number of rotatable bonds is 3. The molecule has 1 aromatic heterocycles. The lowest BCUT2D eigenvalue weighted by atomic mass is 10.0. The predicted molar refractivity (Wildman–Crippen MR) is 79.2 cm³/mol. The fourth-order valence-electron chi connectivity index (χ4n) is 1.72. The van der Waals surface area contributed by atoms with E-state index < -0.39 is 0 Å². The van der Waals surface area contributed by atoms with Gasteiger partial charge in [0.15, 0.2) is 0 Å². The summed E-state index contributed by atoms with van der Waals surface area (Å²) in [7, 11) is 0. The summed E-state index contributed by atoms with van der Waals surface area (Å²) < 4.78 is 0. The molecule has 0 atom stereocenters. The number of nitrogen functional groups attached to an aromatic ring is 1. The number of nitrogens with zero attached hydrogens (tertiary/aromatic N) is 1. The Kier molecular flexibility index (Phi) is 3.47. The molecule has 2 heteroatoms. The first-order valence-corrected chi connectivity index (χ1v) is 6.09. The third-order valence-electron chi connectivity index (χ3n) is 3.07. The predicted octanol–water partition coefficient (Wildman–Crippen LogP) is 4.04. The molecule has 1 aromatic carbocycles. The fourth-order valence-corrected chi connectivity index (χ4v) is 1.72. The minimum atomic E-state index is 0.445. The SMILES string of the molecule is C=C(/C=C\c1ccc2cccnc2c1N)C(C)C. The van der Waals surface area contributed by atoms with Crippen LogP contribution in [-0.2, 0) is 0 Å². The van der Waals surface area contributed by atoms with Crippen molar-refractivity contribution in [3.05, 3.63) is 54.3 Å². The van der Waals surface area contributed by atoms with Crippen LogP contribution in [0.1, 0.15) is 19.4 Å². The van der Waals surface area contributed by atoms with Crippen LogP contribution in [0.15, 0.2) is 48.7 Å². The lowest BCUT2D eigenvalue weighted by molar-refractivity contribution is 0.796. The first kappa shape index (κ1) is 12.4. The summed E-state index contributed by atoms with van der Waals surface area (Å²) in [6.07, 6.45) is 5.79. The van der Waals surface area contributed by atoms with Crippen LogP contribution in [0.2, 0.25) is 0 Å². The highest BCUT2D eigenvalue weighted by Crippen LogP contribution is 2.24. The zero-order chi connectivity index (χ0) is 13.1. The van der Waals surface area contributed by atoms with E-state index in [-0.39, 0.29) is 0 Å². The van der Waals surface area contributed by atoms with Gasteiger partial charge in [0.05, 0.1) is 11.2 Å². The van der Waals surface area contributed by atoms with Gasteiger partial charge in [-0.3, -0.25) is 4.98 Å². The molecule has 92 valence electrons. The Hall–Kier alpha value is -2.09. The second kappa shape index (κ2) is 5.05. The summed E-state index contributed by atoms with van der Waals surface area (Å²) in [4.78, 5) is 4.32. The van der Waals surface area contributed by atoms with Crippen molar-refractivity contribution in [3.8, 4) is 0 Å². The van der Waals surface area contributed by atoms with Gasteiger partial charge >= 0.3 is 0 Å². The molecule has 0 saturated heterocycles. The van der Waals surface area contributed by atoms with Gasteiger partial charge in [0, 0.05) is 11.6 Å². The van der Waals surface area contributed by atoms with E-state index in [4.69, 9.17) is 5.73 Å². The van der Waals surface area contributed by atoms with Crippen molar-refractivity contribution in [2.45, 2.75) is 13.8 Å². The number of pyridine rings is 1.